The molecule has 0 spiro atoms. The lowest BCUT2D eigenvalue weighted by atomic mass is 9.96. The van der Waals surface area contributed by atoms with Crippen molar-refractivity contribution in [1.82, 2.24) is 0 Å². The molecule has 1 heteroatoms. The van der Waals surface area contributed by atoms with E-state index in [1.165, 1.54) is 25.7 Å². The summed E-state index contributed by atoms with van der Waals surface area (Å²) in [6.45, 7) is 6.94. The zero-order chi connectivity index (χ0) is 8.69. The van der Waals surface area contributed by atoms with Gasteiger partial charge in [0.05, 0.1) is 0 Å². The summed E-state index contributed by atoms with van der Waals surface area (Å²) in [5.41, 5.74) is 0. The minimum atomic E-state index is 0.853. The summed E-state index contributed by atoms with van der Waals surface area (Å²) in [6.07, 6.45) is 7.75. The smallest absolute Gasteiger partial charge is 0.00441 e. The lowest BCUT2D eigenvalue weighted by Gasteiger charge is -2.20. The fourth-order valence-corrected chi connectivity index (χ4v) is 2.14. The second-order valence-corrected chi connectivity index (χ2v) is 4.47. The van der Waals surface area contributed by atoms with Gasteiger partial charge < -0.3 is 0 Å². The van der Waals surface area contributed by atoms with Crippen LogP contribution in [0, 0.1) is 5.92 Å². The molecule has 0 aliphatic heterocycles. The van der Waals surface area contributed by atoms with Gasteiger partial charge in [0.15, 0.2) is 0 Å². The Hall–Kier alpha value is 0.350. The molecule has 0 fully saturated rings. The first-order valence-corrected chi connectivity index (χ1v) is 6.07. The molecule has 11 heavy (non-hydrogen) atoms. The Morgan fingerprint density at radius 2 is 1.91 bits per heavy atom. The third-order valence-corrected chi connectivity index (χ3v) is 3.62. The van der Waals surface area contributed by atoms with Crippen LogP contribution in [0.25, 0.3) is 0 Å². The van der Waals surface area contributed by atoms with Gasteiger partial charge in [-0.05, 0) is 18.6 Å². The van der Waals surface area contributed by atoms with E-state index in [4.69, 9.17) is 0 Å². The summed E-state index contributed by atoms with van der Waals surface area (Å²) in [5.74, 6) is 0.949. The van der Waals surface area contributed by atoms with E-state index < -0.39 is 0 Å². The van der Waals surface area contributed by atoms with Crippen LogP contribution in [0.1, 0.15) is 46.5 Å². The van der Waals surface area contributed by atoms with E-state index in [1.807, 2.05) is 11.8 Å². The van der Waals surface area contributed by atoms with Crippen molar-refractivity contribution in [2.45, 2.75) is 51.7 Å². The lowest BCUT2D eigenvalue weighted by molar-refractivity contribution is 0.449. The fourth-order valence-electron chi connectivity index (χ4n) is 1.43. The predicted octanol–water partition coefficient (Wildman–Crippen LogP) is 3.95. The fraction of sp³-hybridized carbons (Fsp3) is 1.00. The Labute approximate surface area is 76.1 Å². The van der Waals surface area contributed by atoms with Crippen molar-refractivity contribution in [3.8, 4) is 0 Å². The van der Waals surface area contributed by atoms with E-state index in [2.05, 4.69) is 27.0 Å². The maximum absolute atomic E-state index is 2.36. The van der Waals surface area contributed by atoms with Crippen molar-refractivity contribution >= 4 is 11.8 Å². The zero-order valence-corrected chi connectivity index (χ0v) is 9.21. The average Bonchev–Trinajstić information content (AvgIpc) is 2.05. The van der Waals surface area contributed by atoms with Gasteiger partial charge in [-0.25, -0.2) is 0 Å². The number of thioether (sulfide) groups is 1. The van der Waals surface area contributed by atoms with E-state index in [9.17, 15) is 0 Å². The number of hydrogen-bond donors (Lipinski definition) is 0. The van der Waals surface area contributed by atoms with Gasteiger partial charge in [0.25, 0.3) is 0 Å². The normalized spacial score (nSPS) is 16.4. The van der Waals surface area contributed by atoms with Gasteiger partial charge in [-0.3, -0.25) is 0 Å². The Morgan fingerprint density at radius 1 is 1.27 bits per heavy atom. The third-order valence-electron chi connectivity index (χ3n) is 2.49. The summed E-state index contributed by atoms with van der Waals surface area (Å²) < 4.78 is 0. The minimum Gasteiger partial charge on any atom is -0.162 e. The molecule has 0 N–H and O–H groups in total. The Kier molecular flexibility index (Phi) is 7.25. The van der Waals surface area contributed by atoms with Crippen molar-refractivity contribution in [2.75, 3.05) is 6.26 Å². The van der Waals surface area contributed by atoms with Crippen LogP contribution in [-0.4, -0.2) is 11.5 Å². The third kappa shape index (κ3) is 4.73. The van der Waals surface area contributed by atoms with E-state index >= 15 is 0 Å². The second kappa shape index (κ2) is 7.02. The average molecular weight is 174 g/mol. The number of unbranched alkanes of at least 4 members (excludes halogenated alkanes) is 1. The molecule has 68 valence electrons. The SMILES string of the molecule is CCCCC(CC)C(C)SC. The van der Waals surface area contributed by atoms with Gasteiger partial charge in [-0.1, -0.05) is 40.0 Å². The lowest BCUT2D eigenvalue weighted by Crippen LogP contribution is -2.12. The highest BCUT2D eigenvalue weighted by Crippen LogP contribution is 2.24. The maximum Gasteiger partial charge on any atom is 0.00441 e. The van der Waals surface area contributed by atoms with E-state index in [1.54, 1.807) is 0 Å². The van der Waals surface area contributed by atoms with E-state index in [0.29, 0.717) is 0 Å². The monoisotopic (exact) mass is 174 g/mol. The highest BCUT2D eigenvalue weighted by molar-refractivity contribution is 7.99. The summed E-state index contributed by atoms with van der Waals surface area (Å²) in [5, 5.41) is 0.853. The van der Waals surface area contributed by atoms with Crippen LogP contribution in [-0.2, 0) is 0 Å². The zero-order valence-electron chi connectivity index (χ0n) is 8.39. The second-order valence-electron chi connectivity index (χ2n) is 3.25. The predicted molar refractivity (Wildman–Crippen MR) is 56.3 cm³/mol. The molecule has 0 saturated heterocycles. The molecule has 0 aromatic rings. The van der Waals surface area contributed by atoms with Crippen molar-refractivity contribution in [3.63, 3.8) is 0 Å². The van der Waals surface area contributed by atoms with Gasteiger partial charge in [-0.2, -0.15) is 11.8 Å². The molecule has 0 aromatic heterocycles. The van der Waals surface area contributed by atoms with Crippen LogP contribution >= 0.6 is 11.8 Å². The van der Waals surface area contributed by atoms with Crippen LogP contribution in [0.3, 0.4) is 0 Å². The Balaban J connectivity index is 3.56. The van der Waals surface area contributed by atoms with Crippen LogP contribution in [0.5, 0.6) is 0 Å². The molecule has 0 aliphatic carbocycles. The molecule has 0 bridgehead atoms. The van der Waals surface area contributed by atoms with Gasteiger partial charge in [-0.15, -0.1) is 0 Å². The van der Waals surface area contributed by atoms with Crippen LogP contribution in [0.2, 0.25) is 0 Å². The molecule has 0 amide bonds. The van der Waals surface area contributed by atoms with Crippen molar-refractivity contribution < 1.29 is 0 Å². The molecular formula is C10H22S. The van der Waals surface area contributed by atoms with Crippen molar-refractivity contribution in [1.29, 1.82) is 0 Å². The molecule has 0 nitrogen and oxygen atoms in total. The quantitative estimate of drug-likeness (QED) is 0.587. The van der Waals surface area contributed by atoms with Crippen LogP contribution in [0.4, 0.5) is 0 Å². The van der Waals surface area contributed by atoms with Crippen LogP contribution in [0.15, 0.2) is 0 Å². The summed E-state index contributed by atoms with van der Waals surface area (Å²) in [7, 11) is 0. The van der Waals surface area contributed by atoms with Gasteiger partial charge in [0.2, 0.25) is 0 Å². The number of rotatable bonds is 6. The molecular weight excluding hydrogens is 152 g/mol. The summed E-state index contributed by atoms with van der Waals surface area (Å²) in [6, 6.07) is 0. The van der Waals surface area contributed by atoms with E-state index in [0.717, 1.165) is 11.2 Å². The van der Waals surface area contributed by atoms with Crippen molar-refractivity contribution in [3.05, 3.63) is 0 Å². The largest absolute Gasteiger partial charge is 0.162 e. The van der Waals surface area contributed by atoms with Gasteiger partial charge in [0, 0.05) is 5.25 Å². The van der Waals surface area contributed by atoms with Crippen LogP contribution < -0.4 is 0 Å². The summed E-state index contributed by atoms with van der Waals surface area (Å²) in [4.78, 5) is 0. The molecule has 2 unspecified atom stereocenters. The first-order chi connectivity index (χ1) is 5.26. The minimum absolute atomic E-state index is 0.853. The number of hydrogen-bond acceptors (Lipinski definition) is 1. The summed E-state index contributed by atoms with van der Waals surface area (Å²) >= 11 is 2.01. The first-order valence-electron chi connectivity index (χ1n) is 4.79. The highest BCUT2D eigenvalue weighted by atomic mass is 32.2. The molecule has 0 aromatic carbocycles. The van der Waals surface area contributed by atoms with Gasteiger partial charge >= 0.3 is 0 Å². The molecule has 0 heterocycles. The molecule has 0 radical (unpaired) electrons. The maximum atomic E-state index is 2.36. The standard InChI is InChI=1S/C10H22S/c1-5-7-8-10(6-2)9(3)11-4/h9-10H,5-8H2,1-4H3. The Morgan fingerprint density at radius 3 is 2.27 bits per heavy atom. The first kappa shape index (κ1) is 11.4. The highest BCUT2D eigenvalue weighted by Gasteiger charge is 2.12. The molecule has 0 saturated carbocycles. The van der Waals surface area contributed by atoms with Gasteiger partial charge in [0.1, 0.15) is 0 Å². The topological polar surface area (TPSA) is 0 Å². The molecule has 0 aliphatic rings. The van der Waals surface area contributed by atoms with E-state index in [-0.39, 0.29) is 0 Å². The molecule has 2 atom stereocenters. The molecule has 0 rings (SSSR count). The van der Waals surface area contributed by atoms with Crippen molar-refractivity contribution in [2.24, 2.45) is 5.92 Å². The Bertz CT molecular complexity index is 80.9.